The first-order chi connectivity index (χ1) is 12.3. The molecule has 0 atom stereocenters. The summed E-state index contributed by atoms with van der Waals surface area (Å²) in [6.07, 6.45) is 2.35. The first-order valence-corrected chi connectivity index (χ1v) is 8.90. The smallest absolute Gasteiger partial charge is 0.218 e. The van der Waals surface area contributed by atoms with Crippen LogP contribution in [-0.2, 0) is 13.5 Å². The molecule has 26 heavy (non-hydrogen) atoms. The van der Waals surface area contributed by atoms with E-state index in [0.29, 0.717) is 33.6 Å². The number of nitrogens with zero attached hydrogens (tertiary/aromatic N) is 3. The van der Waals surface area contributed by atoms with E-state index >= 15 is 0 Å². The third-order valence-electron chi connectivity index (χ3n) is 4.50. The number of carbonyl (C=O) groups is 1. The molecule has 0 unspecified atom stereocenters. The van der Waals surface area contributed by atoms with Gasteiger partial charge in [0.2, 0.25) is 11.7 Å². The van der Waals surface area contributed by atoms with Crippen LogP contribution in [0.5, 0.6) is 5.88 Å². The molecular formula is C20H22ClN3O2. The van der Waals surface area contributed by atoms with E-state index in [1.54, 1.807) is 36.1 Å². The quantitative estimate of drug-likeness (QED) is 0.625. The van der Waals surface area contributed by atoms with Crippen LogP contribution < -0.4 is 4.74 Å². The molecule has 0 aliphatic carbocycles. The van der Waals surface area contributed by atoms with Crippen molar-refractivity contribution in [2.45, 2.75) is 27.2 Å². The predicted octanol–water partition coefficient (Wildman–Crippen LogP) is 4.37. The van der Waals surface area contributed by atoms with Gasteiger partial charge in [-0.2, -0.15) is 0 Å². The van der Waals surface area contributed by atoms with E-state index in [-0.39, 0.29) is 5.78 Å². The molecule has 3 aromatic rings. The molecule has 0 saturated carbocycles. The number of rotatable bonds is 5. The molecule has 0 aliphatic rings. The SMILES string of the molecule is COc1nc2ccc(C(=O)c3cnc(C)n3C)cc2c(Cl)c1CC(C)C. The molecule has 0 fully saturated rings. The van der Waals surface area contributed by atoms with Gasteiger partial charge in [-0.25, -0.2) is 9.97 Å². The number of aryl methyl sites for hydroxylation is 1. The van der Waals surface area contributed by atoms with Gasteiger partial charge < -0.3 is 9.30 Å². The molecule has 136 valence electrons. The molecule has 5 nitrogen and oxygen atoms in total. The first kappa shape index (κ1) is 18.4. The zero-order valence-electron chi connectivity index (χ0n) is 15.6. The van der Waals surface area contributed by atoms with Crippen LogP contribution in [0.1, 0.15) is 41.3 Å². The molecule has 6 heteroatoms. The van der Waals surface area contributed by atoms with Crippen molar-refractivity contribution in [2.24, 2.45) is 13.0 Å². The molecule has 0 N–H and O–H groups in total. The Morgan fingerprint density at radius 2 is 2.08 bits per heavy atom. The molecule has 0 amide bonds. The van der Waals surface area contributed by atoms with Crippen molar-refractivity contribution in [1.82, 2.24) is 14.5 Å². The monoisotopic (exact) mass is 371 g/mol. The number of ketones is 1. The zero-order valence-corrected chi connectivity index (χ0v) is 16.4. The average Bonchev–Trinajstić information content (AvgIpc) is 2.95. The van der Waals surface area contributed by atoms with Gasteiger partial charge in [0.05, 0.1) is 23.8 Å². The number of hydrogen-bond donors (Lipinski definition) is 0. The number of fused-ring (bicyclic) bond motifs is 1. The van der Waals surface area contributed by atoms with Crippen molar-refractivity contribution < 1.29 is 9.53 Å². The average molecular weight is 372 g/mol. The Balaban J connectivity index is 2.14. The number of pyridine rings is 1. The molecule has 0 saturated heterocycles. The van der Waals surface area contributed by atoms with E-state index in [1.807, 2.05) is 14.0 Å². The Hall–Kier alpha value is -2.40. The number of hydrogen-bond acceptors (Lipinski definition) is 4. The van der Waals surface area contributed by atoms with Gasteiger partial charge in [0, 0.05) is 23.6 Å². The minimum atomic E-state index is -0.0905. The van der Waals surface area contributed by atoms with Crippen molar-refractivity contribution in [3.63, 3.8) is 0 Å². The molecule has 0 spiro atoms. The summed E-state index contributed by atoms with van der Waals surface area (Å²) in [5, 5.41) is 1.35. The van der Waals surface area contributed by atoms with Crippen molar-refractivity contribution >= 4 is 28.3 Å². The molecular weight excluding hydrogens is 350 g/mol. The van der Waals surface area contributed by atoms with Gasteiger partial charge in [0.1, 0.15) is 11.5 Å². The Morgan fingerprint density at radius 1 is 1.35 bits per heavy atom. The highest BCUT2D eigenvalue weighted by atomic mass is 35.5. The second-order valence-electron chi connectivity index (χ2n) is 6.82. The molecule has 0 aliphatic heterocycles. The van der Waals surface area contributed by atoms with Crippen LogP contribution in [0, 0.1) is 12.8 Å². The van der Waals surface area contributed by atoms with Crippen molar-refractivity contribution in [2.75, 3.05) is 7.11 Å². The predicted molar refractivity (Wildman–Crippen MR) is 103 cm³/mol. The topological polar surface area (TPSA) is 57.0 Å². The molecule has 2 aromatic heterocycles. The lowest BCUT2D eigenvalue weighted by Gasteiger charge is -2.14. The number of carbonyl (C=O) groups excluding carboxylic acids is 1. The summed E-state index contributed by atoms with van der Waals surface area (Å²) in [7, 11) is 3.42. The fourth-order valence-electron chi connectivity index (χ4n) is 3.00. The highest BCUT2D eigenvalue weighted by Crippen LogP contribution is 2.34. The van der Waals surface area contributed by atoms with Crippen LogP contribution in [0.4, 0.5) is 0 Å². The van der Waals surface area contributed by atoms with Gasteiger partial charge in [-0.1, -0.05) is 25.4 Å². The summed E-state index contributed by atoms with van der Waals surface area (Å²) in [6, 6.07) is 5.37. The summed E-state index contributed by atoms with van der Waals surface area (Å²) < 4.78 is 7.21. The van der Waals surface area contributed by atoms with Crippen LogP contribution >= 0.6 is 11.6 Å². The number of methoxy groups -OCH3 is 1. The van der Waals surface area contributed by atoms with E-state index in [0.717, 1.165) is 23.2 Å². The maximum Gasteiger partial charge on any atom is 0.218 e. The van der Waals surface area contributed by atoms with Gasteiger partial charge >= 0.3 is 0 Å². The van der Waals surface area contributed by atoms with E-state index in [9.17, 15) is 4.79 Å². The van der Waals surface area contributed by atoms with Crippen LogP contribution in [0.15, 0.2) is 24.4 Å². The summed E-state index contributed by atoms with van der Waals surface area (Å²) in [4.78, 5) is 21.6. The maximum atomic E-state index is 12.9. The van der Waals surface area contributed by atoms with Gasteiger partial charge in [0.25, 0.3) is 0 Å². The third kappa shape index (κ3) is 3.19. The van der Waals surface area contributed by atoms with Crippen LogP contribution in [0.2, 0.25) is 5.02 Å². The molecule has 3 rings (SSSR count). The lowest BCUT2D eigenvalue weighted by atomic mass is 10.00. The van der Waals surface area contributed by atoms with Gasteiger partial charge in [-0.3, -0.25) is 4.79 Å². The fourth-order valence-corrected chi connectivity index (χ4v) is 3.31. The fraction of sp³-hybridized carbons (Fsp3) is 0.350. The second-order valence-corrected chi connectivity index (χ2v) is 7.20. The summed E-state index contributed by atoms with van der Waals surface area (Å²) in [5.41, 5.74) is 2.68. The first-order valence-electron chi connectivity index (χ1n) is 8.52. The van der Waals surface area contributed by atoms with E-state index in [2.05, 4.69) is 23.8 Å². The van der Waals surface area contributed by atoms with Gasteiger partial charge in [-0.05, 0) is 37.5 Å². The van der Waals surface area contributed by atoms with E-state index in [4.69, 9.17) is 16.3 Å². The number of halogens is 1. The Morgan fingerprint density at radius 3 is 2.65 bits per heavy atom. The largest absolute Gasteiger partial charge is 0.481 e. The number of aromatic nitrogens is 3. The van der Waals surface area contributed by atoms with Gasteiger partial charge in [0.15, 0.2) is 0 Å². The molecule has 0 bridgehead atoms. The van der Waals surface area contributed by atoms with Crippen LogP contribution in [0.3, 0.4) is 0 Å². The summed E-state index contributed by atoms with van der Waals surface area (Å²) in [5.74, 6) is 1.64. The lowest BCUT2D eigenvalue weighted by Crippen LogP contribution is -2.08. The highest BCUT2D eigenvalue weighted by molar-refractivity contribution is 6.36. The van der Waals surface area contributed by atoms with Crippen LogP contribution in [0.25, 0.3) is 10.9 Å². The minimum absolute atomic E-state index is 0.0905. The molecule has 2 heterocycles. The van der Waals surface area contributed by atoms with E-state index < -0.39 is 0 Å². The Labute approximate surface area is 158 Å². The molecule has 0 radical (unpaired) electrons. The highest BCUT2D eigenvalue weighted by Gasteiger charge is 2.19. The zero-order chi connectivity index (χ0) is 19.0. The third-order valence-corrected chi connectivity index (χ3v) is 4.93. The van der Waals surface area contributed by atoms with Gasteiger partial charge in [-0.15, -0.1) is 0 Å². The summed E-state index contributed by atoms with van der Waals surface area (Å²) >= 11 is 6.68. The van der Waals surface area contributed by atoms with Crippen LogP contribution in [-0.4, -0.2) is 27.4 Å². The standard InChI is InChI=1S/C20H22ClN3O2/c1-11(2)8-15-18(21)14-9-13(6-7-16(14)23-20(15)26-5)19(25)17-10-22-12(3)24(17)4/h6-7,9-11H,8H2,1-5H3. The Kier molecular flexibility index (Phi) is 5.01. The summed E-state index contributed by atoms with van der Waals surface area (Å²) in [6.45, 7) is 6.09. The normalized spacial score (nSPS) is 11.3. The van der Waals surface area contributed by atoms with Crippen molar-refractivity contribution in [1.29, 1.82) is 0 Å². The van der Waals surface area contributed by atoms with E-state index in [1.165, 1.54) is 0 Å². The number of benzene rings is 1. The lowest BCUT2D eigenvalue weighted by molar-refractivity contribution is 0.103. The minimum Gasteiger partial charge on any atom is -0.481 e. The maximum absolute atomic E-state index is 12.9. The Bertz CT molecular complexity index is 992. The number of imidazole rings is 1. The second kappa shape index (κ2) is 7.08. The van der Waals surface area contributed by atoms with Crippen molar-refractivity contribution in [3.8, 4) is 5.88 Å². The van der Waals surface area contributed by atoms with Crippen molar-refractivity contribution in [3.05, 3.63) is 52.1 Å². The molecule has 1 aromatic carbocycles. The number of ether oxygens (including phenoxy) is 1.